The van der Waals surface area contributed by atoms with Gasteiger partial charge in [-0.3, -0.25) is 9.69 Å². The Morgan fingerprint density at radius 1 is 1.35 bits per heavy atom. The Morgan fingerprint density at radius 2 is 2.19 bits per heavy atom. The van der Waals surface area contributed by atoms with Gasteiger partial charge >= 0.3 is 5.97 Å². The number of carbonyl (C=O) groups excluding carboxylic acids is 1. The topological polar surface area (TPSA) is 51.7 Å². The summed E-state index contributed by atoms with van der Waals surface area (Å²) < 4.78 is 11.3. The third-order valence-electron chi connectivity index (χ3n) is 4.80. The predicted molar refractivity (Wildman–Crippen MR) is 102 cm³/mol. The second-order valence-electron chi connectivity index (χ2n) is 6.65. The van der Waals surface area contributed by atoms with Gasteiger partial charge in [-0.15, -0.1) is 11.3 Å². The van der Waals surface area contributed by atoms with E-state index in [1.165, 1.54) is 0 Å². The Bertz CT molecular complexity index is 678. The maximum absolute atomic E-state index is 12.8. The smallest absolute Gasteiger partial charge is 0.313 e. The van der Waals surface area contributed by atoms with Gasteiger partial charge < -0.3 is 9.47 Å². The van der Waals surface area contributed by atoms with E-state index >= 15 is 0 Å². The predicted octanol–water partition coefficient (Wildman–Crippen LogP) is 3.76. The normalized spacial score (nSPS) is 20.7. The number of nitrogens with zero attached hydrogens (tertiary/aromatic N) is 2. The fraction of sp³-hybridized carbons (Fsp3) is 0.500. The van der Waals surface area contributed by atoms with Crippen LogP contribution < -0.4 is 4.74 Å². The highest BCUT2D eigenvalue weighted by Crippen LogP contribution is 2.36. The second kappa shape index (κ2) is 9.14. The van der Waals surface area contributed by atoms with Gasteiger partial charge in [-0.2, -0.15) is 0 Å². The van der Waals surface area contributed by atoms with Gasteiger partial charge in [0.05, 0.1) is 25.2 Å². The fourth-order valence-electron chi connectivity index (χ4n) is 3.52. The molecule has 1 aliphatic heterocycles. The summed E-state index contributed by atoms with van der Waals surface area (Å²) in [6, 6.07) is 9.74. The quantitative estimate of drug-likeness (QED) is 0.659. The van der Waals surface area contributed by atoms with Gasteiger partial charge in [0.1, 0.15) is 10.8 Å². The molecule has 0 amide bonds. The molecule has 6 heteroatoms. The third-order valence-corrected chi connectivity index (χ3v) is 5.56. The van der Waals surface area contributed by atoms with Gasteiger partial charge in [-0.1, -0.05) is 18.2 Å². The monoisotopic (exact) mass is 374 g/mol. The van der Waals surface area contributed by atoms with Crippen LogP contribution in [0.15, 0.2) is 41.9 Å². The van der Waals surface area contributed by atoms with Crippen LogP contribution in [0.2, 0.25) is 0 Å². The molecule has 140 valence electrons. The van der Waals surface area contributed by atoms with Crippen molar-refractivity contribution in [3.63, 3.8) is 0 Å². The van der Waals surface area contributed by atoms with Gasteiger partial charge in [0.15, 0.2) is 0 Å². The molecule has 1 aromatic heterocycles. The number of para-hydroxylation sites is 1. The number of thiazole rings is 1. The molecule has 0 bridgehead atoms. The molecule has 1 aliphatic rings. The minimum absolute atomic E-state index is 0.0968. The molecule has 0 radical (unpaired) electrons. The van der Waals surface area contributed by atoms with E-state index in [0.29, 0.717) is 26.2 Å². The van der Waals surface area contributed by atoms with Crippen molar-refractivity contribution in [2.45, 2.75) is 32.7 Å². The van der Waals surface area contributed by atoms with Crippen LogP contribution >= 0.6 is 11.3 Å². The number of piperidine rings is 1. The number of rotatable bonds is 8. The molecule has 3 rings (SSSR count). The number of benzene rings is 1. The lowest BCUT2D eigenvalue weighted by molar-refractivity contribution is -0.160. The van der Waals surface area contributed by atoms with E-state index < -0.39 is 5.41 Å². The summed E-state index contributed by atoms with van der Waals surface area (Å²) in [7, 11) is 0. The molecule has 1 atom stereocenters. The highest BCUT2D eigenvalue weighted by atomic mass is 32.1. The highest BCUT2D eigenvalue weighted by molar-refractivity contribution is 7.09. The fourth-order valence-corrected chi connectivity index (χ4v) is 4.18. The zero-order valence-corrected chi connectivity index (χ0v) is 16.0. The molecule has 1 fully saturated rings. The van der Waals surface area contributed by atoms with Gasteiger partial charge in [-0.05, 0) is 44.9 Å². The molecule has 1 saturated heterocycles. The highest BCUT2D eigenvalue weighted by Gasteiger charge is 2.43. The average molecular weight is 375 g/mol. The minimum Gasteiger partial charge on any atom is -0.494 e. The zero-order chi connectivity index (χ0) is 18.2. The van der Waals surface area contributed by atoms with Gasteiger partial charge in [0.2, 0.25) is 0 Å². The Labute approximate surface area is 159 Å². The van der Waals surface area contributed by atoms with Crippen LogP contribution in [-0.4, -0.2) is 42.2 Å². The summed E-state index contributed by atoms with van der Waals surface area (Å²) in [5.41, 5.74) is -0.500. The van der Waals surface area contributed by atoms with E-state index in [1.54, 1.807) is 11.3 Å². The molecule has 26 heavy (non-hydrogen) atoms. The number of esters is 1. The first-order valence-electron chi connectivity index (χ1n) is 9.18. The molecule has 0 saturated carbocycles. The average Bonchev–Trinajstić information content (AvgIpc) is 3.16. The molecule has 1 aromatic carbocycles. The Morgan fingerprint density at radius 3 is 2.92 bits per heavy atom. The Balaban J connectivity index is 1.65. The van der Waals surface area contributed by atoms with Gasteiger partial charge in [0.25, 0.3) is 0 Å². The SMILES string of the molecule is CCOC(=O)C1(CCOc2ccccc2)CCCN(Cc2nccs2)C1. The first-order chi connectivity index (χ1) is 12.7. The van der Waals surface area contributed by atoms with Gasteiger partial charge in [-0.25, -0.2) is 4.98 Å². The summed E-state index contributed by atoms with van der Waals surface area (Å²) in [6.45, 7) is 5.25. The Kier molecular flexibility index (Phi) is 6.63. The summed E-state index contributed by atoms with van der Waals surface area (Å²) in [5, 5.41) is 3.08. The van der Waals surface area contributed by atoms with E-state index in [4.69, 9.17) is 9.47 Å². The van der Waals surface area contributed by atoms with Crippen LogP contribution in [0.25, 0.3) is 0 Å². The van der Waals surface area contributed by atoms with E-state index in [9.17, 15) is 4.79 Å². The number of aromatic nitrogens is 1. The van der Waals surface area contributed by atoms with E-state index in [1.807, 2.05) is 48.8 Å². The first kappa shape index (κ1) is 18.9. The number of hydrogen-bond acceptors (Lipinski definition) is 6. The summed E-state index contributed by atoms with van der Waals surface area (Å²) in [6.07, 6.45) is 4.32. The van der Waals surface area contributed by atoms with Crippen molar-refractivity contribution in [2.75, 3.05) is 26.3 Å². The largest absolute Gasteiger partial charge is 0.494 e. The number of hydrogen-bond donors (Lipinski definition) is 0. The molecule has 2 heterocycles. The molecular formula is C20H26N2O3S. The first-order valence-corrected chi connectivity index (χ1v) is 10.1. The van der Waals surface area contributed by atoms with Crippen molar-refractivity contribution in [2.24, 2.45) is 5.41 Å². The number of ether oxygens (including phenoxy) is 2. The van der Waals surface area contributed by atoms with Crippen molar-refractivity contribution in [1.82, 2.24) is 9.88 Å². The third kappa shape index (κ3) is 4.83. The standard InChI is InChI=1S/C20H26N2O3S/c1-2-24-19(23)20(10-13-25-17-7-4-3-5-8-17)9-6-12-22(16-20)15-18-21-11-14-26-18/h3-5,7-8,11,14H,2,6,9-10,12-13,15-16H2,1H3. The molecule has 2 aromatic rings. The lowest BCUT2D eigenvalue weighted by Gasteiger charge is -2.40. The lowest BCUT2D eigenvalue weighted by atomic mass is 9.77. The van der Waals surface area contributed by atoms with Crippen molar-refractivity contribution in [3.05, 3.63) is 46.9 Å². The van der Waals surface area contributed by atoms with Crippen LogP contribution in [0.3, 0.4) is 0 Å². The molecule has 0 aliphatic carbocycles. The Hall–Kier alpha value is -1.92. The number of carbonyl (C=O) groups is 1. The molecule has 1 unspecified atom stereocenters. The maximum atomic E-state index is 12.8. The van der Waals surface area contributed by atoms with Crippen molar-refractivity contribution < 1.29 is 14.3 Å². The van der Waals surface area contributed by atoms with Crippen LogP contribution in [0.5, 0.6) is 5.75 Å². The van der Waals surface area contributed by atoms with Crippen molar-refractivity contribution >= 4 is 17.3 Å². The van der Waals surface area contributed by atoms with Crippen molar-refractivity contribution in [1.29, 1.82) is 0 Å². The van der Waals surface area contributed by atoms with E-state index in [0.717, 1.165) is 36.7 Å². The van der Waals surface area contributed by atoms with Crippen LogP contribution in [0.4, 0.5) is 0 Å². The van der Waals surface area contributed by atoms with Gasteiger partial charge in [0, 0.05) is 18.1 Å². The molecular weight excluding hydrogens is 348 g/mol. The van der Waals surface area contributed by atoms with Crippen LogP contribution in [0.1, 0.15) is 31.2 Å². The zero-order valence-electron chi connectivity index (χ0n) is 15.2. The second-order valence-corrected chi connectivity index (χ2v) is 7.63. The summed E-state index contributed by atoms with van der Waals surface area (Å²) >= 11 is 1.66. The van der Waals surface area contributed by atoms with E-state index in [-0.39, 0.29) is 5.97 Å². The number of likely N-dealkylation sites (tertiary alicyclic amines) is 1. The lowest BCUT2D eigenvalue weighted by Crippen LogP contribution is -2.49. The molecule has 0 spiro atoms. The van der Waals surface area contributed by atoms with Crippen molar-refractivity contribution in [3.8, 4) is 5.75 Å². The minimum atomic E-state index is -0.500. The summed E-state index contributed by atoms with van der Waals surface area (Å²) in [5.74, 6) is 0.738. The summed E-state index contributed by atoms with van der Waals surface area (Å²) in [4.78, 5) is 19.5. The molecule has 0 N–H and O–H groups in total. The van der Waals surface area contributed by atoms with E-state index in [2.05, 4.69) is 9.88 Å². The van der Waals surface area contributed by atoms with Crippen LogP contribution in [0, 0.1) is 5.41 Å². The molecule has 5 nitrogen and oxygen atoms in total. The maximum Gasteiger partial charge on any atom is 0.313 e. The van der Waals surface area contributed by atoms with Crippen LogP contribution in [-0.2, 0) is 16.1 Å².